The Morgan fingerprint density at radius 2 is 2.06 bits per heavy atom. The van der Waals surface area contributed by atoms with Crippen LogP contribution in [0, 0.1) is 22.7 Å². The molecule has 0 bridgehead atoms. The number of halogens is 1. The van der Waals surface area contributed by atoms with Crippen LogP contribution in [0.2, 0.25) is 0 Å². The van der Waals surface area contributed by atoms with Crippen LogP contribution in [0.25, 0.3) is 5.69 Å². The minimum absolute atomic E-state index is 0.108. The van der Waals surface area contributed by atoms with Gasteiger partial charge in [-0.25, -0.2) is 9.67 Å². The third kappa shape index (κ3) is 1.79. The lowest BCUT2D eigenvalue weighted by Gasteiger charge is -2.02. The van der Waals surface area contributed by atoms with Crippen LogP contribution in [0.1, 0.15) is 11.4 Å². The molecule has 0 aliphatic carbocycles. The van der Waals surface area contributed by atoms with Gasteiger partial charge >= 0.3 is 0 Å². The van der Waals surface area contributed by atoms with Crippen LogP contribution in [-0.2, 0) is 0 Å². The number of nitriles is 2. The van der Waals surface area contributed by atoms with Crippen molar-refractivity contribution in [3.8, 4) is 17.8 Å². The van der Waals surface area contributed by atoms with Gasteiger partial charge in [-0.1, -0.05) is 0 Å². The van der Waals surface area contributed by atoms with Crippen molar-refractivity contribution in [2.24, 2.45) is 0 Å². The zero-order valence-corrected chi connectivity index (χ0v) is 9.51. The normalized spacial score (nSPS) is 9.44. The van der Waals surface area contributed by atoms with E-state index in [0.717, 1.165) is 10.2 Å². The topological polar surface area (TPSA) is 78.3 Å². The van der Waals surface area contributed by atoms with Crippen molar-refractivity contribution < 1.29 is 0 Å². The van der Waals surface area contributed by atoms with E-state index >= 15 is 0 Å². The monoisotopic (exact) mass is 273 g/mol. The number of hydrogen-bond acceptors (Lipinski definition) is 4. The molecule has 2 aromatic rings. The van der Waals surface area contributed by atoms with Crippen LogP contribution in [0.5, 0.6) is 0 Å². The molecule has 0 saturated heterocycles. The summed E-state index contributed by atoms with van der Waals surface area (Å²) in [5.74, 6) is 0.108. The molecule has 2 rings (SSSR count). The Morgan fingerprint density at radius 3 is 2.62 bits per heavy atom. The lowest BCUT2D eigenvalue weighted by atomic mass is 10.2. The van der Waals surface area contributed by atoms with Crippen molar-refractivity contribution in [2.75, 3.05) is 0 Å². The number of aromatic nitrogens is 3. The van der Waals surface area contributed by atoms with E-state index in [9.17, 15) is 0 Å². The van der Waals surface area contributed by atoms with Crippen LogP contribution in [0.4, 0.5) is 0 Å². The van der Waals surface area contributed by atoms with Gasteiger partial charge in [0.2, 0.25) is 0 Å². The Labute approximate surface area is 99.7 Å². The maximum atomic E-state index is 8.72. The molecular formula is C10H4BrN5. The largest absolute Gasteiger partial charge is 0.252 e. The van der Waals surface area contributed by atoms with Gasteiger partial charge in [0.1, 0.15) is 12.4 Å². The second kappa shape index (κ2) is 4.13. The highest BCUT2D eigenvalue weighted by atomic mass is 79.9. The van der Waals surface area contributed by atoms with E-state index in [1.807, 2.05) is 12.1 Å². The fourth-order valence-electron chi connectivity index (χ4n) is 1.19. The summed E-state index contributed by atoms with van der Waals surface area (Å²) in [4.78, 5) is 3.80. The van der Waals surface area contributed by atoms with Gasteiger partial charge in [-0.15, -0.1) is 5.10 Å². The number of rotatable bonds is 1. The highest BCUT2D eigenvalue weighted by molar-refractivity contribution is 9.10. The highest BCUT2D eigenvalue weighted by Gasteiger charge is 2.06. The third-order valence-corrected chi connectivity index (χ3v) is 2.55. The minimum Gasteiger partial charge on any atom is -0.219 e. The van der Waals surface area contributed by atoms with Gasteiger partial charge in [0.05, 0.1) is 17.3 Å². The van der Waals surface area contributed by atoms with Gasteiger partial charge in [-0.05, 0) is 34.1 Å². The summed E-state index contributed by atoms with van der Waals surface area (Å²) >= 11 is 3.33. The van der Waals surface area contributed by atoms with Crippen LogP contribution in [0.15, 0.2) is 29.0 Å². The molecule has 1 aromatic carbocycles. The SMILES string of the molecule is N#Cc1ccc(-n2cnc(C#N)n2)c(Br)c1. The van der Waals surface area contributed by atoms with E-state index in [1.165, 1.54) is 11.0 Å². The zero-order valence-electron chi connectivity index (χ0n) is 7.92. The van der Waals surface area contributed by atoms with E-state index < -0.39 is 0 Å². The second-order valence-electron chi connectivity index (χ2n) is 2.90. The summed E-state index contributed by atoms with van der Waals surface area (Å²) in [7, 11) is 0. The summed E-state index contributed by atoms with van der Waals surface area (Å²) in [6, 6.07) is 8.98. The lowest BCUT2D eigenvalue weighted by molar-refractivity contribution is 0.868. The smallest absolute Gasteiger partial charge is 0.219 e. The van der Waals surface area contributed by atoms with Gasteiger partial charge in [0, 0.05) is 4.47 Å². The molecule has 1 aromatic heterocycles. The van der Waals surface area contributed by atoms with Crippen LogP contribution in [0.3, 0.4) is 0 Å². The minimum atomic E-state index is 0.108. The van der Waals surface area contributed by atoms with Crippen molar-refractivity contribution >= 4 is 15.9 Å². The van der Waals surface area contributed by atoms with Gasteiger partial charge in [-0.3, -0.25) is 0 Å². The zero-order chi connectivity index (χ0) is 11.5. The van der Waals surface area contributed by atoms with E-state index in [0.29, 0.717) is 5.56 Å². The van der Waals surface area contributed by atoms with Gasteiger partial charge < -0.3 is 0 Å². The Kier molecular flexibility index (Phi) is 2.67. The molecule has 0 radical (unpaired) electrons. The van der Waals surface area contributed by atoms with E-state index in [4.69, 9.17) is 10.5 Å². The second-order valence-corrected chi connectivity index (χ2v) is 3.76. The van der Waals surface area contributed by atoms with Gasteiger partial charge in [0.25, 0.3) is 5.82 Å². The van der Waals surface area contributed by atoms with Crippen molar-refractivity contribution in [1.29, 1.82) is 10.5 Å². The predicted molar refractivity (Wildman–Crippen MR) is 58.5 cm³/mol. The molecule has 0 aliphatic heterocycles. The summed E-state index contributed by atoms with van der Waals surface area (Å²) in [5.41, 5.74) is 1.28. The fourth-order valence-corrected chi connectivity index (χ4v) is 1.75. The molecule has 0 amide bonds. The quantitative estimate of drug-likeness (QED) is 0.793. The molecule has 6 heteroatoms. The van der Waals surface area contributed by atoms with Crippen LogP contribution < -0.4 is 0 Å². The molecule has 0 aliphatic rings. The Bertz CT molecular complexity index is 617. The van der Waals surface area contributed by atoms with E-state index in [1.54, 1.807) is 18.2 Å². The molecule has 0 fully saturated rings. The first-order valence-electron chi connectivity index (χ1n) is 4.26. The van der Waals surface area contributed by atoms with E-state index in [2.05, 4.69) is 26.0 Å². The Hall–Kier alpha value is -2.18. The maximum Gasteiger partial charge on any atom is 0.252 e. The van der Waals surface area contributed by atoms with Crippen molar-refractivity contribution in [3.05, 3.63) is 40.4 Å². The summed E-state index contributed by atoms with van der Waals surface area (Å²) in [6.07, 6.45) is 1.45. The molecule has 0 atom stereocenters. The van der Waals surface area contributed by atoms with Gasteiger partial charge in [-0.2, -0.15) is 10.5 Å². The Balaban J connectivity index is 2.50. The highest BCUT2D eigenvalue weighted by Crippen LogP contribution is 2.21. The first kappa shape index (κ1) is 10.3. The van der Waals surface area contributed by atoms with Crippen molar-refractivity contribution in [2.45, 2.75) is 0 Å². The first-order chi connectivity index (χ1) is 7.74. The number of benzene rings is 1. The molecule has 0 saturated carbocycles. The van der Waals surface area contributed by atoms with Crippen LogP contribution in [-0.4, -0.2) is 14.8 Å². The maximum absolute atomic E-state index is 8.72. The van der Waals surface area contributed by atoms with Crippen molar-refractivity contribution in [1.82, 2.24) is 14.8 Å². The summed E-state index contributed by atoms with van der Waals surface area (Å²) in [5, 5.41) is 21.3. The Morgan fingerprint density at radius 1 is 1.25 bits per heavy atom. The first-order valence-corrected chi connectivity index (χ1v) is 5.05. The van der Waals surface area contributed by atoms with Crippen molar-refractivity contribution in [3.63, 3.8) is 0 Å². The average molecular weight is 274 g/mol. The molecule has 0 unspecified atom stereocenters. The number of hydrogen-bond donors (Lipinski definition) is 0. The summed E-state index contributed by atoms with van der Waals surface area (Å²) in [6.45, 7) is 0. The lowest BCUT2D eigenvalue weighted by Crippen LogP contribution is -1.96. The third-order valence-electron chi connectivity index (χ3n) is 1.92. The summed E-state index contributed by atoms with van der Waals surface area (Å²) < 4.78 is 2.20. The predicted octanol–water partition coefficient (Wildman–Crippen LogP) is 1.77. The molecule has 0 N–H and O–H groups in total. The van der Waals surface area contributed by atoms with Crippen LogP contribution >= 0.6 is 15.9 Å². The molecule has 5 nitrogen and oxygen atoms in total. The van der Waals surface area contributed by atoms with Gasteiger partial charge in [0.15, 0.2) is 0 Å². The average Bonchev–Trinajstić information content (AvgIpc) is 2.77. The molecular weight excluding hydrogens is 270 g/mol. The number of nitrogens with zero attached hydrogens (tertiary/aromatic N) is 5. The molecule has 0 spiro atoms. The molecule has 16 heavy (non-hydrogen) atoms. The standard InChI is InChI=1S/C10H4BrN5/c11-8-3-7(4-12)1-2-9(8)16-6-14-10(5-13)15-16/h1-3,6H. The molecule has 1 heterocycles. The fraction of sp³-hybridized carbons (Fsp3) is 0. The van der Waals surface area contributed by atoms with E-state index in [-0.39, 0.29) is 5.82 Å². The molecule has 76 valence electrons.